The molecule has 1 saturated heterocycles. The van der Waals surface area contributed by atoms with Crippen LogP contribution in [0.4, 0.5) is 0 Å². The third-order valence-corrected chi connectivity index (χ3v) is 6.45. The van der Waals surface area contributed by atoms with E-state index >= 15 is 0 Å². The number of nitrogens with zero attached hydrogens (tertiary/aromatic N) is 1. The van der Waals surface area contributed by atoms with Gasteiger partial charge >= 0.3 is 0 Å². The fourth-order valence-corrected chi connectivity index (χ4v) is 4.81. The Morgan fingerprint density at radius 3 is 2.47 bits per heavy atom. The van der Waals surface area contributed by atoms with Gasteiger partial charge in [-0.25, -0.2) is 0 Å². The number of ether oxygens (including phenoxy) is 3. The van der Waals surface area contributed by atoms with Gasteiger partial charge in [0.25, 0.3) is 0 Å². The summed E-state index contributed by atoms with van der Waals surface area (Å²) in [6.45, 7) is 4.32. The van der Waals surface area contributed by atoms with Crippen LogP contribution in [0.25, 0.3) is 0 Å². The predicted molar refractivity (Wildman–Crippen MR) is 115 cm³/mol. The summed E-state index contributed by atoms with van der Waals surface area (Å²) < 4.78 is 16.7. The number of nitrogens with one attached hydrogen (secondary N) is 1. The van der Waals surface area contributed by atoms with Gasteiger partial charge in [-0.3, -0.25) is 10.4 Å². The Bertz CT molecular complexity index is 922. The molecule has 2 heterocycles. The highest BCUT2D eigenvalue weighted by Crippen LogP contribution is 2.52. The molecule has 1 aliphatic carbocycles. The third kappa shape index (κ3) is 3.54. The van der Waals surface area contributed by atoms with E-state index in [2.05, 4.69) is 85.3 Å². The first-order valence-electron chi connectivity index (χ1n) is 10.6. The molecule has 3 aliphatic rings. The first-order valence-corrected chi connectivity index (χ1v) is 10.6. The van der Waals surface area contributed by atoms with Crippen LogP contribution in [0.1, 0.15) is 30.4 Å². The minimum atomic E-state index is -0.147. The van der Waals surface area contributed by atoms with Crippen molar-refractivity contribution in [2.24, 2.45) is 0 Å². The normalized spacial score (nSPS) is 26.6. The highest BCUT2D eigenvalue weighted by Gasteiger charge is 2.45. The van der Waals surface area contributed by atoms with E-state index in [1.807, 2.05) is 5.01 Å². The summed E-state index contributed by atoms with van der Waals surface area (Å²) in [5.41, 5.74) is 8.55. The molecule has 156 valence electrons. The van der Waals surface area contributed by atoms with Crippen LogP contribution in [0.2, 0.25) is 0 Å². The van der Waals surface area contributed by atoms with E-state index in [9.17, 15) is 0 Å². The van der Waals surface area contributed by atoms with Crippen molar-refractivity contribution in [2.45, 2.75) is 30.8 Å². The van der Waals surface area contributed by atoms with Crippen molar-refractivity contribution in [3.63, 3.8) is 0 Å². The zero-order valence-corrected chi connectivity index (χ0v) is 17.3. The van der Waals surface area contributed by atoms with Crippen LogP contribution in [0, 0.1) is 0 Å². The molecule has 0 bridgehead atoms. The maximum atomic E-state index is 6.00. The summed E-state index contributed by atoms with van der Waals surface area (Å²) in [5, 5.41) is 2.03. The standard InChI is InChI=1S/C25H28N2O3/c1-25(20-10-6-3-7-11-20)22(19-8-4-2-5-9-19)12-13-24-23(25)14-27(26-24)17-30-21-15-28-18-29-16-21/h2-11,13-14,21-22,26H,12,15-18H2,1H3/t22-,25+/m1/s1. The quantitative estimate of drug-likeness (QED) is 0.814. The Morgan fingerprint density at radius 1 is 1.03 bits per heavy atom. The molecule has 0 amide bonds. The smallest absolute Gasteiger partial charge is 0.146 e. The van der Waals surface area contributed by atoms with Crippen LogP contribution in [0.5, 0.6) is 0 Å². The van der Waals surface area contributed by atoms with Crippen LogP contribution >= 0.6 is 0 Å². The van der Waals surface area contributed by atoms with Gasteiger partial charge in [0, 0.05) is 23.1 Å². The molecule has 0 unspecified atom stereocenters. The molecule has 0 spiro atoms. The van der Waals surface area contributed by atoms with Gasteiger partial charge in [0.2, 0.25) is 0 Å². The lowest BCUT2D eigenvalue weighted by Crippen LogP contribution is -2.38. The van der Waals surface area contributed by atoms with E-state index in [-0.39, 0.29) is 11.5 Å². The first-order chi connectivity index (χ1) is 14.7. The predicted octanol–water partition coefficient (Wildman–Crippen LogP) is 4.07. The van der Waals surface area contributed by atoms with Crippen LogP contribution in [-0.4, -0.2) is 37.9 Å². The summed E-state index contributed by atoms with van der Waals surface area (Å²) >= 11 is 0. The molecule has 5 rings (SSSR count). The summed E-state index contributed by atoms with van der Waals surface area (Å²) in [6, 6.07) is 21.7. The zero-order valence-electron chi connectivity index (χ0n) is 17.3. The van der Waals surface area contributed by atoms with Crippen molar-refractivity contribution < 1.29 is 14.2 Å². The maximum absolute atomic E-state index is 6.00. The lowest BCUT2D eigenvalue weighted by atomic mass is 9.60. The van der Waals surface area contributed by atoms with Crippen molar-refractivity contribution in [3.8, 4) is 0 Å². The molecule has 2 atom stereocenters. The second-order valence-electron chi connectivity index (χ2n) is 8.29. The molecular weight excluding hydrogens is 376 g/mol. The lowest BCUT2D eigenvalue weighted by Gasteiger charge is -2.42. The van der Waals surface area contributed by atoms with Gasteiger partial charge in [0.05, 0.1) is 18.9 Å². The largest absolute Gasteiger partial charge is 0.353 e. The van der Waals surface area contributed by atoms with Crippen molar-refractivity contribution >= 4 is 0 Å². The van der Waals surface area contributed by atoms with Gasteiger partial charge < -0.3 is 14.2 Å². The highest BCUT2D eigenvalue weighted by atomic mass is 16.7. The Balaban J connectivity index is 1.46. The fraction of sp³-hybridized carbons (Fsp3) is 0.360. The molecule has 5 heteroatoms. The minimum Gasteiger partial charge on any atom is -0.353 e. The average Bonchev–Trinajstić information content (AvgIpc) is 3.24. The number of fused-ring (bicyclic) bond motifs is 1. The Kier molecular flexibility index (Phi) is 5.34. The molecule has 1 N–H and O–H groups in total. The molecule has 0 aromatic heterocycles. The summed E-state index contributed by atoms with van der Waals surface area (Å²) in [7, 11) is 0. The average molecular weight is 405 g/mol. The lowest BCUT2D eigenvalue weighted by molar-refractivity contribution is -0.177. The van der Waals surface area contributed by atoms with Gasteiger partial charge in [-0.2, -0.15) is 0 Å². The SMILES string of the molecule is C[C@@]1(c2ccccc2)C2=CN(COC3COCOC3)NC2=CC[C@@H]1c1ccccc1. The number of hydrogen-bond donors (Lipinski definition) is 1. The van der Waals surface area contributed by atoms with E-state index in [0.717, 1.165) is 6.42 Å². The zero-order chi connectivity index (χ0) is 20.4. The summed E-state index contributed by atoms with van der Waals surface area (Å²) in [4.78, 5) is 0. The number of hydrazine groups is 1. The number of hydrogen-bond acceptors (Lipinski definition) is 5. The number of allylic oxidation sites excluding steroid dienone is 2. The molecular formula is C25H28N2O3. The van der Waals surface area contributed by atoms with Crippen molar-refractivity contribution in [1.29, 1.82) is 0 Å². The minimum absolute atomic E-state index is 0.0341. The van der Waals surface area contributed by atoms with E-state index in [1.165, 1.54) is 22.4 Å². The van der Waals surface area contributed by atoms with E-state index in [0.29, 0.717) is 32.7 Å². The van der Waals surface area contributed by atoms with Gasteiger partial charge in [0.15, 0.2) is 0 Å². The molecule has 30 heavy (non-hydrogen) atoms. The Labute approximate surface area is 177 Å². The number of rotatable bonds is 5. The molecule has 1 fully saturated rings. The topological polar surface area (TPSA) is 43.0 Å². The highest BCUT2D eigenvalue weighted by molar-refractivity contribution is 5.53. The van der Waals surface area contributed by atoms with E-state index in [4.69, 9.17) is 14.2 Å². The Hall–Kier alpha value is -2.60. The van der Waals surface area contributed by atoms with Crippen LogP contribution in [0.15, 0.2) is 84.2 Å². The Morgan fingerprint density at radius 2 is 1.73 bits per heavy atom. The van der Waals surface area contributed by atoms with Gasteiger partial charge in [0.1, 0.15) is 19.6 Å². The van der Waals surface area contributed by atoms with Gasteiger partial charge in [-0.15, -0.1) is 0 Å². The van der Waals surface area contributed by atoms with E-state index in [1.54, 1.807) is 0 Å². The van der Waals surface area contributed by atoms with Crippen LogP contribution < -0.4 is 5.43 Å². The van der Waals surface area contributed by atoms with Crippen LogP contribution in [-0.2, 0) is 19.6 Å². The number of benzene rings is 2. The fourth-order valence-electron chi connectivity index (χ4n) is 4.81. The summed E-state index contributed by atoms with van der Waals surface area (Å²) in [6.07, 6.45) is 5.47. The van der Waals surface area contributed by atoms with Crippen molar-refractivity contribution in [1.82, 2.24) is 10.4 Å². The van der Waals surface area contributed by atoms with Crippen molar-refractivity contribution in [3.05, 3.63) is 95.3 Å². The second-order valence-corrected chi connectivity index (χ2v) is 8.29. The van der Waals surface area contributed by atoms with Gasteiger partial charge in [-0.05, 0) is 17.5 Å². The molecule has 2 aliphatic heterocycles. The van der Waals surface area contributed by atoms with Crippen LogP contribution in [0.3, 0.4) is 0 Å². The molecule has 5 nitrogen and oxygen atoms in total. The molecule has 0 radical (unpaired) electrons. The summed E-state index contributed by atoms with van der Waals surface area (Å²) in [5.74, 6) is 0.360. The second kappa shape index (κ2) is 8.26. The van der Waals surface area contributed by atoms with Gasteiger partial charge in [-0.1, -0.05) is 73.7 Å². The molecule has 2 aromatic carbocycles. The van der Waals surface area contributed by atoms with Crippen molar-refractivity contribution in [2.75, 3.05) is 26.7 Å². The maximum Gasteiger partial charge on any atom is 0.146 e. The first kappa shape index (κ1) is 19.4. The monoisotopic (exact) mass is 404 g/mol. The van der Waals surface area contributed by atoms with E-state index < -0.39 is 0 Å². The molecule has 0 saturated carbocycles. The molecule has 2 aromatic rings. The third-order valence-electron chi connectivity index (χ3n) is 6.45.